The predicted octanol–water partition coefficient (Wildman–Crippen LogP) is 2.71. The molecular formula is C13H19NO3S. The van der Waals surface area contributed by atoms with E-state index in [0.717, 1.165) is 4.90 Å². The minimum atomic E-state index is -0.448. The summed E-state index contributed by atoms with van der Waals surface area (Å²) in [6, 6.07) is 5.42. The third-order valence-electron chi connectivity index (χ3n) is 1.98. The van der Waals surface area contributed by atoms with E-state index >= 15 is 0 Å². The zero-order valence-corrected chi connectivity index (χ0v) is 12.0. The largest absolute Gasteiger partial charge is 0.495 e. The van der Waals surface area contributed by atoms with Gasteiger partial charge < -0.3 is 15.2 Å². The van der Waals surface area contributed by atoms with Gasteiger partial charge in [-0.25, -0.2) is 0 Å². The maximum absolute atomic E-state index is 11.6. The zero-order valence-electron chi connectivity index (χ0n) is 11.1. The Balaban J connectivity index is 2.56. The number of benzene rings is 1. The van der Waals surface area contributed by atoms with Crippen molar-refractivity contribution >= 4 is 23.4 Å². The summed E-state index contributed by atoms with van der Waals surface area (Å²) in [6.07, 6.45) is 0. The van der Waals surface area contributed by atoms with Gasteiger partial charge >= 0.3 is 5.97 Å². The molecule has 0 radical (unpaired) electrons. The molecule has 2 N–H and O–H groups in total. The fourth-order valence-corrected chi connectivity index (χ4v) is 1.99. The molecular weight excluding hydrogens is 250 g/mol. The number of thioether (sulfide) groups is 1. The Kier molecular flexibility index (Phi) is 4.90. The number of carbonyl (C=O) groups excluding carboxylic acids is 1. The summed E-state index contributed by atoms with van der Waals surface area (Å²) in [5, 5.41) is 0. The molecule has 0 atom stereocenters. The Morgan fingerprint density at radius 3 is 2.61 bits per heavy atom. The van der Waals surface area contributed by atoms with Crippen LogP contribution in [0, 0.1) is 0 Å². The van der Waals surface area contributed by atoms with Crippen LogP contribution in [0.15, 0.2) is 23.1 Å². The summed E-state index contributed by atoms with van der Waals surface area (Å²) in [7, 11) is 1.56. The van der Waals surface area contributed by atoms with Gasteiger partial charge in [-0.3, -0.25) is 4.79 Å². The molecule has 0 aromatic heterocycles. The lowest BCUT2D eigenvalue weighted by Gasteiger charge is -2.19. The van der Waals surface area contributed by atoms with E-state index in [9.17, 15) is 4.79 Å². The zero-order chi connectivity index (χ0) is 13.8. The third kappa shape index (κ3) is 4.87. The van der Waals surface area contributed by atoms with E-state index in [1.807, 2.05) is 32.9 Å². The van der Waals surface area contributed by atoms with Crippen molar-refractivity contribution in [2.45, 2.75) is 31.3 Å². The van der Waals surface area contributed by atoms with Crippen molar-refractivity contribution in [2.24, 2.45) is 0 Å². The van der Waals surface area contributed by atoms with Gasteiger partial charge in [0.1, 0.15) is 11.4 Å². The summed E-state index contributed by atoms with van der Waals surface area (Å²) in [5.74, 6) is 0.650. The van der Waals surface area contributed by atoms with Crippen LogP contribution < -0.4 is 10.5 Å². The highest BCUT2D eigenvalue weighted by atomic mass is 32.2. The van der Waals surface area contributed by atoms with Crippen LogP contribution in [-0.4, -0.2) is 24.4 Å². The first-order valence-corrected chi connectivity index (χ1v) is 6.58. The number of hydrogen-bond donors (Lipinski definition) is 1. The van der Waals surface area contributed by atoms with E-state index in [1.165, 1.54) is 11.8 Å². The highest BCUT2D eigenvalue weighted by Gasteiger charge is 2.16. The maximum Gasteiger partial charge on any atom is 0.316 e. The van der Waals surface area contributed by atoms with Gasteiger partial charge in [-0.1, -0.05) is 0 Å². The first-order chi connectivity index (χ1) is 8.31. The van der Waals surface area contributed by atoms with Crippen molar-refractivity contribution in [1.82, 2.24) is 0 Å². The van der Waals surface area contributed by atoms with Crippen LogP contribution in [0.3, 0.4) is 0 Å². The van der Waals surface area contributed by atoms with Gasteiger partial charge in [0.05, 0.1) is 18.6 Å². The number of carbonyl (C=O) groups is 1. The predicted molar refractivity (Wildman–Crippen MR) is 74.0 cm³/mol. The molecule has 100 valence electrons. The van der Waals surface area contributed by atoms with Crippen LogP contribution in [0.25, 0.3) is 0 Å². The number of hydrogen-bond acceptors (Lipinski definition) is 5. The molecule has 1 aromatic rings. The standard InChI is InChI=1S/C13H19NO3S/c1-13(2,3)17-12(15)8-18-9-5-6-10(14)11(7-9)16-4/h5-7H,8,14H2,1-4H3. The SMILES string of the molecule is COc1cc(SCC(=O)OC(C)(C)C)ccc1N. The number of methoxy groups -OCH3 is 1. The molecule has 4 nitrogen and oxygen atoms in total. The van der Waals surface area contributed by atoms with E-state index in [-0.39, 0.29) is 11.7 Å². The van der Waals surface area contributed by atoms with E-state index in [1.54, 1.807) is 13.2 Å². The van der Waals surface area contributed by atoms with Gasteiger partial charge in [-0.05, 0) is 39.0 Å². The molecule has 0 aliphatic heterocycles. The Morgan fingerprint density at radius 1 is 1.39 bits per heavy atom. The van der Waals surface area contributed by atoms with Crippen molar-refractivity contribution in [3.05, 3.63) is 18.2 Å². The van der Waals surface area contributed by atoms with Crippen LogP contribution in [0.2, 0.25) is 0 Å². The second kappa shape index (κ2) is 6.00. The minimum absolute atomic E-state index is 0.233. The third-order valence-corrected chi connectivity index (χ3v) is 2.95. The van der Waals surface area contributed by atoms with Crippen LogP contribution in [0.1, 0.15) is 20.8 Å². The average Bonchev–Trinajstić information content (AvgIpc) is 2.25. The van der Waals surface area contributed by atoms with Gasteiger partial charge in [-0.2, -0.15) is 0 Å². The molecule has 0 aliphatic rings. The Labute approximate surface area is 112 Å². The molecule has 0 bridgehead atoms. The lowest BCUT2D eigenvalue weighted by Crippen LogP contribution is -2.24. The van der Waals surface area contributed by atoms with Crippen molar-refractivity contribution < 1.29 is 14.3 Å². The van der Waals surface area contributed by atoms with Gasteiger partial charge in [0, 0.05) is 4.90 Å². The molecule has 0 aliphatic carbocycles. The molecule has 18 heavy (non-hydrogen) atoms. The summed E-state index contributed by atoms with van der Waals surface area (Å²) >= 11 is 1.40. The summed E-state index contributed by atoms with van der Waals surface area (Å²) in [4.78, 5) is 12.5. The summed E-state index contributed by atoms with van der Waals surface area (Å²) in [6.45, 7) is 5.55. The first-order valence-electron chi connectivity index (χ1n) is 5.60. The smallest absolute Gasteiger partial charge is 0.316 e. The lowest BCUT2D eigenvalue weighted by molar-refractivity contribution is -0.151. The van der Waals surface area contributed by atoms with E-state index in [2.05, 4.69) is 0 Å². The van der Waals surface area contributed by atoms with Crippen molar-refractivity contribution in [3.8, 4) is 5.75 Å². The number of anilines is 1. The highest BCUT2D eigenvalue weighted by molar-refractivity contribution is 8.00. The lowest BCUT2D eigenvalue weighted by atomic mass is 10.2. The number of ether oxygens (including phenoxy) is 2. The second-order valence-corrected chi connectivity index (χ2v) is 5.83. The van der Waals surface area contributed by atoms with Crippen LogP contribution >= 0.6 is 11.8 Å². The fraction of sp³-hybridized carbons (Fsp3) is 0.462. The second-order valence-electron chi connectivity index (χ2n) is 4.78. The number of nitrogen functional groups attached to an aromatic ring is 1. The maximum atomic E-state index is 11.6. The average molecular weight is 269 g/mol. The van der Waals surface area contributed by atoms with E-state index in [4.69, 9.17) is 15.2 Å². The van der Waals surface area contributed by atoms with E-state index < -0.39 is 5.60 Å². The minimum Gasteiger partial charge on any atom is -0.495 e. The van der Waals surface area contributed by atoms with Crippen molar-refractivity contribution in [3.63, 3.8) is 0 Å². The van der Waals surface area contributed by atoms with Crippen LogP contribution in [0.4, 0.5) is 5.69 Å². The van der Waals surface area contributed by atoms with Gasteiger partial charge in [0.25, 0.3) is 0 Å². The molecule has 0 heterocycles. The number of esters is 1. The van der Waals surface area contributed by atoms with Crippen LogP contribution in [0.5, 0.6) is 5.75 Å². The molecule has 0 saturated carbocycles. The van der Waals surface area contributed by atoms with Gasteiger partial charge in [-0.15, -0.1) is 11.8 Å². The molecule has 0 amide bonds. The van der Waals surface area contributed by atoms with Crippen molar-refractivity contribution in [2.75, 3.05) is 18.6 Å². The summed E-state index contributed by atoms with van der Waals surface area (Å²) < 4.78 is 10.3. The Bertz CT molecular complexity index is 427. The van der Waals surface area contributed by atoms with Crippen molar-refractivity contribution in [1.29, 1.82) is 0 Å². The molecule has 1 aromatic carbocycles. The van der Waals surface area contributed by atoms with Gasteiger partial charge in [0.15, 0.2) is 0 Å². The Hall–Kier alpha value is -1.36. The molecule has 0 unspecified atom stereocenters. The topological polar surface area (TPSA) is 61.5 Å². The molecule has 0 fully saturated rings. The highest BCUT2D eigenvalue weighted by Crippen LogP contribution is 2.28. The molecule has 5 heteroatoms. The normalized spacial score (nSPS) is 11.1. The fourth-order valence-electron chi connectivity index (χ4n) is 1.29. The summed E-state index contributed by atoms with van der Waals surface area (Å²) in [5.41, 5.74) is 5.85. The van der Waals surface area contributed by atoms with Gasteiger partial charge in [0.2, 0.25) is 0 Å². The number of nitrogens with two attached hydrogens (primary N) is 1. The molecule has 0 spiro atoms. The number of rotatable bonds is 4. The van der Waals surface area contributed by atoms with E-state index in [0.29, 0.717) is 11.4 Å². The Morgan fingerprint density at radius 2 is 2.06 bits per heavy atom. The van der Waals surface area contributed by atoms with Crippen LogP contribution in [-0.2, 0) is 9.53 Å². The first kappa shape index (κ1) is 14.7. The quantitative estimate of drug-likeness (QED) is 0.517. The molecule has 1 rings (SSSR count). The monoisotopic (exact) mass is 269 g/mol. The molecule has 0 saturated heterocycles.